The summed E-state index contributed by atoms with van der Waals surface area (Å²) in [6, 6.07) is 0. The number of allylic oxidation sites excluding steroid dienone is 2. The summed E-state index contributed by atoms with van der Waals surface area (Å²) in [4.78, 5) is 4.01. The number of pyridine rings is 2. The van der Waals surface area contributed by atoms with Gasteiger partial charge in [0.25, 0.3) is 23.8 Å². The van der Waals surface area contributed by atoms with Crippen LogP contribution in [0.25, 0.3) is 11.1 Å². The molecule has 0 N–H and O–H groups in total. The fraction of sp³-hybridized carbons (Fsp3) is 0.143. The Kier molecular flexibility index (Phi) is 4.17. The Morgan fingerprint density at radius 2 is 0.643 bits per heavy atom. The number of hydrogen-bond acceptors (Lipinski definition) is 2. The molecule has 0 amide bonds. The van der Waals surface area contributed by atoms with Crippen LogP contribution in [-0.4, -0.2) is 21.8 Å². The van der Waals surface area contributed by atoms with Crippen molar-refractivity contribution < 1.29 is 52.7 Å². The van der Waals surface area contributed by atoms with Crippen molar-refractivity contribution in [2.45, 2.75) is 11.8 Å². The zero-order valence-electron chi connectivity index (χ0n) is 12.4. The number of halogens is 12. The third-order valence-electron chi connectivity index (χ3n) is 3.77. The van der Waals surface area contributed by atoms with Crippen molar-refractivity contribution in [1.29, 1.82) is 0 Å². The summed E-state index contributed by atoms with van der Waals surface area (Å²) >= 11 is 0. The fourth-order valence-electron chi connectivity index (χ4n) is 2.54. The lowest BCUT2D eigenvalue weighted by Gasteiger charge is -2.41. The van der Waals surface area contributed by atoms with E-state index < -0.39 is 81.2 Å². The van der Waals surface area contributed by atoms with Crippen LogP contribution in [0.1, 0.15) is 11.1 Å². The molecule has 0 saturated heterocycles. The summed E-state index contributed by atoms with van der Waals surface area (Å²) in [7, 11) is 0. The second-order valence-electron chi connectivity index (χ2n) is 5.29. The molecule has 0 unspecified atom stereocenters. The Morgan fingerprint density at radius 3 is 0.857 bits per heavy atom. The minimum absolute atomic E-state index is 2.00. The lowest BCUT2D eigenvalue weighted by atomic mass is 9.73. The molecule has 1 aliphatic rings. The van der Waals surface area contributed by atoms with Crippen LogP contribution in [0.2, 0.25) is 0 Å². The molecule has 2 nitrogen and oxygen atoms in total. The number of hydrogen-bond donors (Lipinski definition) is 0. The molecule has 28 heavy (non-hydrogen) atoms. The summed E-state index contributed by atoms with van der Waals surface area (Å²) in [5.74, 6) is -32.3. The minimum Gasteiger partial charge on any atom is -0.201 e. The zero-order chi connectivity index (χ0) is 21.3. The molecule has 0 radical (unpaired) electrons. The molecule has 14 heteroatoms. The van der Waals surface area contributed by atoms with E-state index in [9.17, 15) is 52.7 Å². The molecular formula is C14F12N2. The highest BCUT2D eigenvalue weighted by molar-refractivity contribution is 6.05. The summed E-state index contributed by atoms with van der Waals surface area (Å²) in [6.07, 6.45) is 0. The Balaban J connectivity index is 2.53. The van der Waals surface area contributed by atoms with E-state index in [-0.39, 0.29) is 0 Å². The van der Waals surface area contributed by atoms with E-state index in [1.807, 2.05) is 9.97 Å². The second-order valence-corrected chi connectivity index (χ2v) is 5.29. The maximum Gasteiger partial charge on any atom is 0.341 e. The van der Waals surface area contributed by atoms with Crippen molar-refractivity contribution in [3.05, 3.63) is 58.2 Å². The average molecular weight is 424 g/mol. The van der Waals surface area contributed by atoms with Gasteiger partial charge in [0.15, 0.2) is 23.3 Å². The van der Waals surface area contributed by atoms with Crippen LogP contribution >= 0.6 is 0 Å². The van der Waals surface area contributed by atoms with Crippen molar-refractivity contribution in [3.63, 3.8) is 0 Å². The highest BCUT2D eigenvalue weighted by atomic mass is 19.3. The zero-order valence-corrected chi connectivity index (χ0v) is 12.4. The van der Waals surface area contributed by atoms with E-state index in [0.717, 1.165) is 0 Å². The third kappa shape index (κ3) is 2.32. The molecule has 0 spiro atoms. The highest BCUT2D eigenvalue weighted by Crippen LogP contribution is 2.64. The highest BCUT2D eigenvalue weighted by Gasteiger charge is 2.73. The molecule has 2 aromatic rings. The number of rotatable bonds is 2. The van der Waals surface area contributed by atoms with Gasteiger partial charge in [0.2, 0.25) is 0 Å². The van der Waals surface area contributed by atoms with Gasteiger partial charge in [-0.15, -0.1) is 0 Å². The van der Waals surface area contributed by atoms with Crippen LogP contribution in [0.5, 0.6) is 0 Å². The minimum atomic E-state index is -5.64. The van der Waals surface area contributed by atoms with Gasteiger partial charge in [0.05, 0.1) is 22.3 Å². The topological polar surface area (TPSA) is 25.8 Å². The van der Waals surface area contributed by atoms with E-state index in [2.05, 4.69) is 0 Å². The van der Waals surface area contributed by atoms with Crippen LogP contribution in [0.3, 0.4) is 0 Å². The van der Waals surface area contributed by atoms with Crippen LogP contribution in [0.15, 0.2) is 0 Å². The van der Waals surface area contributed by atoms with Crippen molar-refractivity contribution >= 4 is 11.1 Å². The number of alkyl halides is 4. The monoisotopic (exact) mass is 424 g/mol. The number of nitrogens with zero attached hydrogens (tertiary/aromatic N) is 2. The van der Waals surface area contributed by atoms with Gasteiger partial charge < -0.3 is 0 Å². The molecule has 2 aromatic heterocycles. The van der Waals surface area contributed by atoms with Crippen LogP contribution in [-0.2, 0) is 0 Å². The third-order valence-corrected chi connectivity index (χ3v) is 3.77. The molecule has 0 atom stereocenters. The molecule has 1 aliphatic carbocycles. The summed E-state index contributed by atoms with van der Waals surface area (Å²) in [5, 5.41) is 0. The molecule has 0 fully saturated rings. The lowest BCUT2D eigenvalue weighted by molar-refractivity contribution is -0.149. The van der Waals surface area contributed by atoms with E-state index >= 15 is 0 Å². The molecule has 0 aliphatic heterocycles. The Hall–Kier alpha value is -2.80. The average Bonchev–Trinajstić information content (AvgIpc) is 2.59. The van der Waals surface area contributed by atoms with Crippen molar-refractivity contribution in [3.8, 4) is 0 Å². The predicted octanol–water partition coefficient (Wildman–Crippen LogP) is 4.78. The summed E-state index contributed by atoms with van der Waals surface area (Å²) < 4.78 is 163. The van der Waals surface area contributed by atoms with Gasteiger partial charge in [0, 0.05) is 0 Å². The van der Waals surface area contributed by atoms with Gasteiger partial charge in [-0.3, -0.25) is 0 Å². The molecular weight excluding hydrogens is 424 g/mol. The van der Waals surface area contributed by atoms with Gasteiger partial charge in [-0.05, 0) is 0 Å². The normalized spacial score (nSPS) is 17.7. The number of aromatic nitrogens is 2. The van der Waals surface area contributed by atoms with Crippen molar-refractivity contribution in [2.24, 2.45) is 0 Å². The molecule has 3 rings (SSSR count). The molecule has 150 valence electrons. The lowest BCUT2D eigenvalue weighted by Crippen LogP contribution is -2.52. The summed E-state index contributed by atoms with van der Waals surface area (Å²) in [5.41, 5.74) is -10.2. The SMILES string of the molecule is Fc1nc(F)c(F)c(C2=C(c3c(F)c(F)nc(F)c3F)C(F)(F)C2(F)F)c1F. The smallest absolute Gasteiger partial charge is 0.201 e. The van der Waals surface area contributed by atoms with Gasteiger partial charge in [-0.2, -0.15) is 45.1 Å². The van der Waals surface area contributed by atoms with Gasteiger partial charge in [-0.1, -0.05) is 0 Å². The van der Waals surface area contributed by atoms with Crippen LogP contribution in [0.4, 0.5) is 52.7 Å². The quantitative estimate of drug-likeness (QED) is 0.512. The maximum atomic E-state index is 13.8. The van der Waals surface area contributed by atoms with Crippen molar-refractivity contribution in [2.75, 3.05) is 0 Å². The summed E-state index contributed by atoms with van der Waals surface area (Å²) in [6.45, 7) is 0. The first-order valence-electron chi connectivity index (χ1n) is 6.66. The van der Waals surface area contributed by atoms with Gasteiger partial charge in [-0.25, -0.2) is 17.6 Å². The van der Waals surface area contributed by atoms with Gasteiger partial charge in [0.1, 0.15) is 0 Å². The fourth-order valence-corrected chi connectivity index (χ4v) is 2.54. The maximum absolute atomic E-state index is 13.8. The van der Waals surface area contributed by atoms with E-state index in [1.165, 1.54) is 0 Å². The second kappa shape index (κ2) is 5.85. The van der Waals surface area contributed by atoms with Crippen LogP contribution < -0.4 is 0 Å². The largest absolute Gasteiger partial charge is 0.341 e. The Bertz CT molecular complexity index is 923. The molecule has 2 heterocycles. The van der Waals surface area contributed by atoms with E-state index in [4.69, 9.17) is 0 Å². The molecule has 0 saturated carbocycles. The molecule has 0 bridgehead atoms. The predicted molar refractivity (Wildman–Crippen MR) is 64.8 cm³/mol. The first-order valence-corrected chi connectivity index (χ1v) is 6.66. The van der Waals surface area contributed by atoms with Crippen LogP contribution in [0, 0.1) is 47.1 Å². The Morgan fingerprint density at radius 1 is 0.429 bits per heavy atom. The van der Waals surface area contributed by atoms with E-state index in [1.54, 1.807) is 0 Å². The van der Waals surface area contributed by atoms with Gasteiger partial charge >= 0.3 is 11.8 Å². The van der Waals surface area contributed by atoms with Crippen molar-refractivity contribution in [1.82, 2.24) is 9.97 Å². The Labute approximate surface area is 145 Å². The standard InChI is InChI=1S/C14F12N2/c15-5-1(6(16)10(20)27-9(5)19)3-4(14(25,26)13(3,23)24)2-7(17)11(21)28-12(22)8(2)18. The van der Waals surface area contributed by atoms with E-state index in [0.29, 0.717) is 0 Å². The first-order chi connectivity index (χ1) is 12.7. The molecule has 0 aromatic carbocycles. The first kappa shape index (κ1) is 19.9.